The molecule has 2 rings (SSSR count). The molecular formula is C17H23ClN2. The first-order chi connectivity index (χ1) is 9.63. The lowest BCUT2D eigenvalue weighted by atomic mass is 10.2. The maximum atomic E-state index is 6.10. The molecule has 0 saturated heterocycles. The van der Waals surface area contributed by atoms with Crippen LogP contribution in [0.15, 0.2) is 30.3 Å². The quantitative estimate of drug-likeness (QED) is 0.767. The molecule has 0 fully saturated rings. The number of hydrogen-bond acceptors (Lipinski definition) is 1. The van der Waals surface area contributed by atoms with Crippen LogP contribution >= 0.6 is 11.6 Å². The third-order valence-corrected chi connectivity index (χ3v) is 3.86. The standard InChI is InChI=1S/C17H23ClN2/c1-4-5-9-19-12-15-10-13(2)20(14(15)3)17-8-6-7-16(18)11-17/h6-8,10-11,19H,4-5,9,12H2,1-3H3. The van der Waals surface area contributed by atoms with E-state index in [0.29, 0.717) is 0 Å². The number of nitrogens with one attached hydrogen (secondary N) is 1. The van der Waals surface area contributed by atoms with Crippen LogP contribution in [0.1, 0.15) is 36.7 Å². The molecule has 0 amide bonds. The van der Waals surface area contributed by atoms with Crippen molar-refractivity contribution in [3.05, 3.63) is 52.3 Å². The molecule has 3 heteroatoms. The molecule has 1 aromatic carbocycles. The van der Waals surface area contributed by atoms with Crippen LogP contribution in [0.25, 0.3) is 5.69 Å². The Hall–Kier alpha value is -1.25. The van der Waals surface area contributed by atoms with E-state index < -0.39 is 0 Å². The molecule has 0 spiro atoms. The Labute approximate surface area is 126 Å². The van der Waals surface area contributed by atoms with Crippen molar-refractivity contribution in [3.63, 3.8) is 0 Å². The van der Waals surface area contributed by atoms with Crippen molar-refractivity contribution in [2.75, 3.05) is 6.54 Å². The van der Waals surface area contributed by atoms with E-state index in [9.17, 15) is 0 Å². The topological polar surface area (TPSA) is 17.0 Å². The zero-order valence-electron chi connectivity index (χ0n) is 12.5. The largest absolute Gasteiger partial charge is 0.318 e. The van der Waals surface area contributed by atoms with Crippen molar-refractivity contribution >= 4 is 11.6 Å². The van der Waals surface area contributed by atoms with Gasteiger partial charge in [-0.15, -0.1) is 0 Å². The van der Waals surface area contributed by atoms with Gasteiger partial charge in [0.2, 0.25) is 0 Å². The second kappa shape index (κ2) is 6.96. The fourth-order valence-electron chi connectivity index (χ4n) is 2.55. The molecule has 108 valence electrons. The summed E-state index contributed by atoms with van der Waals surface area (Å²) in [5, 5.41) is 4.28. The SMILES string of the molecule is CCCCNCc1cc(C)n(-c2cccc(Cl)c2)c1C. The Balaban J connectivity index is 2.20. The van der Waals surface area contributed by atoms with Crippen LogP contribution in [0.4, 0.5) is 0 Å². The maximum absolute atomic E-state index is 6.10. The van der Waals surface area contributed by atoms with Crippen LogP contribution in [0.2, 0.25) is 5.02 Å². The van der Waals surface area contributed by atoms with E-state index >= 15 is 0 Å². The molecule has 1 aromatic heterocycles. The van der Waals surface area contributed by atoms with E-state index in [1.807, 2.05) is 18.2 Å². The monoisotopic (exact) mass is 290 g/mol. The van der Waals surface area contributed by atoms with Gasteiger partial charge in [0.05, 0.1) is 0 Å². The lowest BCUT2D eigenvalue weighted by Gasteiger charge is -2.10. The minimum Gasteiger partial charge on any atom is -0.318 e. The van der Waals surface area contributed by atoms with Crippen LogP contribution in [-0.4, -0.2) is 11.1 Å². The van der Waals surface area contributed by atoms with Gasteiger partial charge in [-0.05, 0) is 56.6 Å². The van der Waals surface area contributed by atoms with Gasteiger partial charge in [0, 0.05) is 28.6 Å². The maximum Gasteiger partial charge on any atom is 0.0469 e. The summed E-state index contributed by atoms with van der Waals surface area (Å²) in [6.07, 6.45) is 2.46. The van der Waals surface area contributed by atoms with Gasteiger partial charge in [-0.1, -0.05) is 31.0 Å². The Morgan fingerprint density at radius 2 is 2.00 bits per heavy atom. The molecule has 1 heterocycles. The van der Waals surface area contributed by atoms with E-state index in [2.05, 4.69) is 42.8 Å². The van der Waals surface area contributed by atoms with Crippen LogP contribution in [0, 0.1) is 13.8 Å². The number of hydrogen-bond donors (Lipinski definition) is 1. The van der Waals surface area contributed by atoms with Gasteiger partial charge in [0.25, 0.3) is 0 Å². The Morgan fingerprint density at radius 3 is 2.70 bits per heavy atom. The zero-order chi connectivity index (χ0) is 14.5. The van der Waals surface area contributed by atoms with Crippen LogP contribution in [0.5, 0.6) is 0 Å². The lowest BCUT2D eigenvalue weighted by Crippen LogP contribution is -2.14. The minimum atomic E-state index is 0.776. The average molecular weight is 291 g/mol. The number of rotatable bonds is 6. The smallest absolute Gasteiger partial charge is 0.0469 e. The summed E-state index contributed by atoms with van der Waals surface area (Å²) in [5.41, 5.74) is 5.02. The van der Waals surface area contributed by atoms with Crippen molar-refractivity contribution < 1.29 is 0 Å². The lowest BCUT2D eigenvalue weighted by molar-refractivity contribution is 0.639. The summed E-state index contributed by atoms with van der Waals surface area (Å²) in [4.78, 5) is 0. The van der Waals surface area contributed by atoms with Gasteiger partial charge in [-0.2, -0.15) is 0 Å². The van der Waals surface area contributed by atoms with E-state index in [-0.39, 0.29) is 0 Å². The van der Waals surface area contributed by atoms with Crippen LogP contribution in [-0.2, 0) is 6.54 Å². The first kappa shape index (κ1) is 15.1. The molecule has 0 radical (unpaired) electrons. The van der Waals surface area contributed by atoms with Crippen molar-refractivity contribution in [2.24, 2.45) is 0 Å². The molecule has 0 saturated carbocycles. The summed E-state index contributed by atoms with van der Waals surface area (Å²) in [6, 6.07) is 10.3. The third kappa shape index (κ3) is 3.44. The summed E-state index contributed by atoms with van der Waals surface area (Å²) < 4.78 is 2.27. The number of unbranched alkanes of at least 4 members (excludes halogenated alkanes) is 1. The number of benzene rings is 1. The molecule has 0 aliphatic heterocycles. The summed E-state index contributed by atoms with van der Waals surface area (Å²) in [5.74, 6) is 0. The predicted octanol–water partition coefficient (Wildman–Crippen LogP) is 4.64. The van der Waals surface area contributed by atoms with Crippen molar-refractivity contribution in [2.45, 2.75) is 40.2 Å². The highest BCUT2D eigenvalue weighted by Gasteiger charge is 2.10. The van der Waals surface area contributed by atoms with Gasteiger partial charge >= 0.3 is 0 Å². The van der Waals surface area contributed by atoms with E-state index in [4.69, 9.17) is 11.6 Å². The molecule has 0 bridgehead atoms. The molecule has 1 N–H and O–H groups in total. The van der Waals surface area contributed by atoms with E-state index in [1.165, 1.54) is 29.8 Å². The second-order valence-electron chi connectivity index (χ2n) is 5.24. The minimum absolute atomic E-state index is 0.776. The van der Waals surface area contributed by atoms with E-state index in [1.54, 1.807) is 0 Å². The average Bonchev–Trinajstić information content (AvgIpc) is 2.70. The highest BCUT2D eigenvalue weighted by molar-refractivity contribution is 6.30. The molecule has 0 unspecified atom stereocenters. The highest BCUT2D eigenvalue weighted by atomic mass is 35.5. The van der Waals surface area contributed by atoms with Gasteiger partial charge in [-0.25, -0.2) is 0 Å². The molecule has 0 atom stereocenters. The number of aromatic nitrogens is 1. The van der Waals surface area contributed by atoms with E-state index in [0.717, 1.165) is 23.8 Å². The third-order valence-electron chi connectivity index (χ3n) is 3.62. The van der Waals surface area contributed by atoms with Crippen LogP contribution < -0.4 is 5.32 Å². The second-order valence-corrected chi connectivity index (χ2v) is 5.68. The Bertz CT molecular complexity index is 572. The first-order valence-electron chi connectivity index (χ1n) is 7.28. The van der Waals surface area contributed by atoms with Gasteiger partial charge < -0.3 is 9.88 Å². The predicted molar refractivity (Wildman–Crippen MR) is 86.9 cm³/mol. The fraction of sp³-hybridized carbons (Fsp3) is 0.412. The van der Waals surface area contributed by atoms with Crippen molar-refractivity contribution in [1.82, 2.24) is 9.88 Å². The zero-order valence-corrected chi connectivity index (χ0v) is 13.3. The first-order valence-corrected chi connectivity index (χ1v) is 7.65. The molecule has 0 aliphatic carbocycles. The Kier molecular flexibility index (Phi) is 5.27. The normalized spacial score (nSPS) is 11.0. The summed E-state index contributed by atoms with van der Waals surface area (Å²) in [6.45, 7) is 8.54. The number of nitrogens with zero attached hydrogens (tertiary/aromatic N) is 1. The molecule has 2 aromatic rings. The van der Waals surface area contributed by atoms with Gasteiger partial charge in [-0.3, -0.25) is 0 Å². The molecule has 2 nitrogen and oxygen atoms in total. The fourth-order valence-corrected chi connectivity index (χ4v) is 2.73. The number of aryl methyl sites for hydroxylation is 1. The highest BCUT2D eigenvalue weighted by Crippen LogP contribution is 2.22. The van der Waals surface area contributed by atoms with Crippen molar-refractivity contribution in [1.29, 1.82) is 0 Å². The molecular weight excluding hydrogens is 268 g/mol. The summed E-state index contributed by atoms with van der Waals surface area (Å²) >= 11 is 6.10. The van der Waals surface area contributed by atoms with Crippen LogP contribution in [0.3, 0.4) is 0 Å². The molecule has 0 aliphatic rings. The van der Waals surface area contributed by atoms with Gasteiger partial charge in [0.1, 0.15) is 0 Å². The summed E-state index contributed by atoms with van der Waals surface area (Å²) in [7, 11) is 0. The molecule has 20 heavy (non-hydrogen) atoms. The van der Waals surface area contributed by atoms with Gasteiger partial charge in [0.15, 0.2) is 0 Å². The van der Waals surface area contributed by atoms with Crippen molar-refractivity contribution in [3.8, 4) is 5.69 Å². The Morgan fingerprint density at radius 1 is 1.20 bits per heavy atom. The number of halogens is 1.